The summed E-state index contributed by atoms with van der Waals surface area (Å²) in [6.07, 6.45) is 8.78. The molecule has 0 radical (unpaired) electrons. The van der Waals surface area contributed by atoms with Crippen molar-refractivity contribution in [3.05, 3.63) is 0 Å². The molecule has 0 spiro atoms. The Kier molecular flexibility index (Phi) is 4.23. The van der Waals surface area contributed by atoms with Gasteiger partial charge >= 0.3 is 0 Å². The van der Waals surface area contributed by atoms with E-state index in [0.29, 0.717) is 17.9 Å². The zero-order valence-corrected chi connectivity index (χ0v) is 13.3. The van der Waals surface area contributed by atoms with E-state index in [1.165, 1.54) is 19.3 Å². The molecule has 4 heteroatoms. The quantitative estimate of drug-likeness (QED) is 0.865. The molecule has 1 saturated heterocycles. The fourth-order valence-electron chi connectivity index (χ4n) is 4.01. The molecule has 4 nitrogen and oxygen atoms in total. The van der Waals surface area contributed by atoms with Crippen LogP contribution in [0.25, 0.3) is 0 Å². The molecule has 118 valence electrons. The van der Waals surface area contributed by atoms with Crippen molar-refractivity contribution in [2.75, 3.05) is 0 Å². The highest BCUT2D eigenvalue weighted by molar-refractivity contribution is 5.97. The second kappa shape index (κ2) is 5.98. The van der Waals surface area contributed by atoms with Crippen molar-refractivity contribution in [2.45, 2.75) is 83.3 Å². The summed E-state index contributed by atoms with van der Waals surface area (Å²) in [6.45, 7) is 4.22. The maximum atomic E-state index is 13.0. The highest BCUT2D eigenvalue weighted by Gasteiger charge is 2.49. The van der Waals surface area contributed by atoms with Crippen LogP contribution < -0.4 is 5.32 Å². The van der Waals surface area contributed by atoms with Crippen LogP contribution in [0.2, 0.25) is 0 Å². The van der Waals surface area contributed by atoms with E-state index in [1.807, 2.05) is 4.90 Å². The van der Waals surface area contributed by atoms with Crippen molar-refractivity contribution in [1.29, 1.82) is 0 Å². The Morgan fingerprint density at radius 1 is 1.10 bits per heavy atom. The van der Waals surface area contributed by atoms with E-state index in [4.69, 9.17) is 0 Å². The summed E-state index contributed by atoms with van der Waals surface area (Å²) in [5.41, 5.74) is 0. The van der Waals surface area contributed by atoms with E-state index >= 15 is 0 Å². The molecule has 3 rings (SSSR count). The number of piperazine rings is 1. The summed E-state index contributed by atoms with van der Waals surface area (Å²) in [4.78, 5) is 27.5. The van der Waals surface area contributed by atoms with Crippen LogP contribution >= 0.6 is 0 Å². The minimum atomic E-state index is -0.297. The van der Waals surface area contributed by atoms with Gasteiger partial charge in [-0.2, -0.15) is 0 Å². The predicted octanol–water partition coefficient (Wildman–Crippen LogP) is 2.47. The molecule has 0 aromatic heterocycles. The molecule has 3 aliphatic rings. The van der Waals surface area contributed by atoms with Crippen molar-refractivity contribution >= 4 is 11.8 Å². The number of carbonyl (C=O) groups is 2. The first-order valence-electron chi connectivity index (χ1n) is 8.70. The van der Waals surface area contributed by atoms with Crippen LogP contribution in [0.3, 0.4) is 0 Å². The van der Waals surface area contributed by atoms with Crippen molar-refractivity contribution in [2.24, 2.45) is 11.8 Å². The van der Waals surface area contributed by atoms with Crippen LogP contribution in [0, 0.1) is 11.8 Å². The van der Waals surface area contributed by atoms with Crippen molar-refractivity contribution in [3.8, 4) is 0 Å². The van der Waals surface area contributed by atoms with Crippen LogP contribution in [0.1, 0.15) is 65.2 Å². The van der Waals surface area contributed by atoms with Gasteiger partial charge in [-0.1, -0.05) is 33.1 Å². The van der Waals surface area contributed by atoms with Gasteiger partial charge < -0.3 is 10.2 Å². The molecular formula is C17H28N2O2. The van der Waals surface area contributed by atoms with E-state index in [-0.39, 0.29) is 23.9 Å². The lowest BCUT2D eigenvalue weighted by atomic mass is 9.89. The number of carbonyl (C=O) groups excluding carboxylic acids is 2. The standard InChI is InChI=1S/C17H28N2O2/c1-11(2)10-14-17(21)19(13-6-4-3-5-7-13)15(12-8-9-12)16(20)18-14/h11-15H,3-10H2,1-2H3,(H,18,20). The van der Waals surface area contributed by atoms with E-state index in [9.17, 15) is 9.59 Å². The molecule has 2 saturated carbocycles. The first-order chi connectivity index (χ1) is 10.1. The SMILES string of the molecule is CC(C)CC1NC(=O)C(C2CC2)N(C2CCCCC2)C1=O. The third-order valence-corrected chi connectivity index (χ3v) is 5.18. The first kappa shape index (κ1) is 14.9. The van der Waals surface area contributed by atoms with Gasteiger partial charge in [0.15, 0.2) is 0 Å². The number of nitrogens with zero attached hydrogens (tertiary/aromatic N) is 1. The number of amides is 2. The van der Waals surface area contributed by atoms with Gasteiger partial charge in [-0.25, -0.2) is 0 Å². The van der Waals surface area contributed by atoms with Gasteiger partial charge in [0, 0.05) is 6.04 Å². The maximum absolute atomic E-state index is 13.0. The monoisotopic (exact) mass is 292 g/mol. The Bertz CT molecular complexity index is 411. The fourth-order valence-corrected chi connectivity index (χ4v) is 4.01. The molecule has 2 atom stereocenters. The summed E-state index contributed by atoms with van der Waals surface area (Å²) in [5.74, 6) is 1.13. The predicted molar refractivity (Wildman–Crippen MR) is 81.6 cm³/mol. The van der Waals surface area contributed by atoms with Gasteiger partial charge in [0.05, 0.1) is 0 Å². The maximum Gasteiger partial charge on any atom is 0.246 e. The summed E-state index contributed by atoms with van der Waals surface area (Å²) in [7, 11) is 0. The van der Waals surface area contributed by atoms with Crippen molar-refractivity contribution in [3.63, 3.8) is 0 Å². The average molecular weight is 292 g/mol. The van der Waals surface area contributed by atoms with Crippen LogP contribution in [-0.2, 0) is 9.59 Å². The smallest absolute Gasteiger partial charge is 0.246 e. The second-order valence-electron chi connectivity index (χ2n) is 7.51. The van der Waals surface area contributed by atoms with Crippen LogP contribution in [0.15, 0.2) is 0 Å². The van der Waals surface area contributed by atoms with Gasteiger partial charge in [-0.3, -0.25) is 9.59 Å². The molecule has 0 aromatic rings. The average Bonchev–Trinajstić information content (AvgIpc) is 3.27. The van der Waals surface area contributed by atoms with Crippen LogP contribution in [-0.4, -0.2) is 34.8 Å². The lowest BCUT2D eigenvalue weighted by molar-refractivity contribution is -0.154. The van der Waals surface area contributed by atoms with Crippen LogP contribution in [0.5, 0.6) is 0 Å². The molecule has 21 heavy (non-hydrogen) atoms. The summed E-state index contributed by atoms with van der Waals surface area (Å²) in [6, 6.07) is -0.170. The number of hydrogen-bond acceptors (Lipinski definition) is 2. The van der Waals surface area contributed by atoms with Crippen molar-refractivity contribution < 1.29 is 9.59 Å². The highest BCUT2D eigenvalue weighted by atomic mass is 16.2. The molecule has 2 unspecified atom stereocenters. The summed E-state index contributed by atoms with van der Waals surface area (Å²) >= 11 is 0. The van der Waals surface area contributed by atoms with Gasteiger partial charge in [0.1, 0.15) is 12.1 Å². The lowest BCUT2D eigenvalue weighted by Gasteiger charge is -2.45. The van der Waals surface area contributed by atoms with Gasteiger partial charge in [0.2, 0.25) is 11.8 Å². The molecule has 0 aromatic carbocycles. The molecular weight excluding hydrogens is 264 g/mol. The Hall–Kier alpha value is -1.06. The lowest BCUT2D eigenvalue weighted by Crippen LogP contribution is -2.66. The molecule has 1 heterocycles. The Morgan fingerprint density at radius 3 is 2.33 bits per heavy atom. The number of nitrogens with one attached hydrogen (secondary N) is 1. The van der Waals surface area contributed by atoms with E-state index in [0.717, 1.165) is 32.1 Å². The van der Waals surface area contributed by atoms with Crippen LogP contribution in [0.4, 0.5) is 0 Å². The minimum absolute atomic E-state index is 0.105. The second-order valence-corrected chi connectivity index (χ2v) is 7.51. The van der Waals surface area contributed by atoms with Gasteiger partial charge in [-0.05, 0) is 43.9 Å². The summed E-state index contributed by atoms with van der Waals surface area (Å²) in [5, 5.41) is 3.01. The zero-order chi connectivity index (χ0) is 15.0. The minimum Gasteiger partial charge on any atom is -0.342 e. The largest absolute Gasteiger partial charge is 0.342 e. The molecule has 1 aliphatic heterocycles. The third kappa shape index (κ3) is 3.09. The molecule has 2 amide bonds. The highest BCUT2D eigenvalue weighted by Crippen LogP contribution is 2.40. The van der Waals surface area contributed by atoms with E-state index < -0.39 is 0 Å². The molecule has 1 N–H and O–H groups in total. The Labute approximate surface area is 127 Å². The summed E-state index contributed by atoms with van der Waals surface area (Å²) < 4.78 is 0. The van der Waals surface area contributed by atoms with E-state index in [1.54, 1.807) is 0 Å². The Balaban J connectivity index is 1.81. The topological polar surface area (TPSA) is 49.4 Å². The normalized spacial score (nSPS) is 31.7. The number of hydrogen-bond donors (Lipinski definition) is 1. The molecule has 2 aliphatic carbocycles. The van der Waals surface area contributed by atoms with E-state index in [2.05, 4.69) is 19.2 Å². The molecule has 0 bridgehead atoms. The zero-order valence-electron chi connectivity index (χ0n) is 13.3. The third-order valence-electron chi connectivity index (χ3n) is 5.18. The first-order valence-corrected chi connectivity index (χ1v) is 8.70. The molecule has 3 fully saturated rings. The Morgan fingerprint density at radius 2 is 1.76 bits per heavy atom. The number of rotatable bonds is 4. The fraction of sp³-hybridized carbons (Fsp3) is 0.882. The van der Waals surface area contributed by atoms with Crippen molar-refractivity contribution in [1.82, 2.24) is 10.2 Å². The van der Waals surface area contributed by atoms with Gasteiger partial charge in [-0.15, -0.1) is 0 Å². The van der Waals surface area contributed by atoms with Gasteiger partial charge in [0.25, 0.3) is 0 Å².